The Bertz CT molecular complexity index is 849. The molecule has 0 unspecified atom stereocenters. The normalized spacial score (nSPS) is 13.9. The van der Waals surface area contributed by atoms with E-state index in [9.17, 15) is 18.4 Å². The van der Waals surface area contributed by atoms with Gasteiger partial charge in [-0.3, -0.25) is 9.59 Å². The number of carbonyl (C=O) groups excluding carboxylic acids is 2. The van der Waals surface area contributed by atoms with Gasteiger partial charge in [0.05, 0.1) is 5.69 Å². The van der Waals surface area contributed by atoms with E-state index in [1.165, 1.54) is 26.2 Å². The second kappa shape index (κ2) is 8.82. The fraction of sp³-hybridized carbons (Fsp3) is 0.333. The smallest absolute Gasteiger partial charge is 0.244 e. The number of nitrogens with zero attached hydrogens (tertiary/aromatic N) is 2. The van der Waals surface area contributed by atoms with Crippen LogP contribution in [0.4, 0.5) is 25.8 Å². The van der Waals surface area contributed by atoms with Crippen LogP contribution in [0.3, 0.4) is 0 Å². The first-order valence-electron chi connectivity index (χ1n) is 9.32. The maximum atomic E-state index is 14.0. The van der Waals surface area contributed by atoms with Crippen LogP contribution in [-0.4, -0.2) is 31.4 Å². The summed E-state index contributed by atoms with van der Waals surface area (Å²) in [4.78, 5) is 27.5. The second-order valence-corrected chi connectivity index (χ2v) is 6.84. The Kier molecular flexibility index (Phi) is 6.23. The van der Waals surface area contributed by atoms with Gasteiger partial charge >= 0.3 is 0 Å². The molecule has 1 aliphatic rings. The van der Waals surface area contributed by atoms with Gasteiger partial charge in [0.1, 0.15) is 18.2 Å². The predicted octanol–water partition coefficient (Wildman–Crippen LogP) is 3.95. The highest BCUT2D eigenvalue weighted by atomic mass is 19.1. The molecule has 0 aliphatic carbocycles. The van der Waals surface area contributed by atoms with Gasteiger partial charge in [0.25, 0.3) is 0 Å². The number of anilines is 3. The molecule has 5 nitrogen and oxygen atoms in total. The molecule has 0 saturated carbocycles. The molecule has 1 fully saturated rings. The quantitative estimate of drug-likeness (QED) is 0.845. The van der Waals surface area contributed by atoms with Gasteiger partial charge in [-0.05, 0) is 55.7 Å². The molecule has 3 rings (SSSR count). The van der Waals surface area contributed by atoms with Gasteiger partial charge in [-0.15, -0.1) is 0 Å². The Balaban J connectivity index is 1.65. The number of halogens is 2. The van der Waals surface area contributed by atoms with Crippen molar-refractivity contribution in [2.45, 2.75) is 26.2 Å². The summed E-state index contributed by atoms with van der Waals surface area (Å²) < 4.78 is 27.1. The number of benzene rings is 2. The van der Waals surface area contributed by atoms with Crippen molar-refractivity contribution in [2.75, 3.05) is 34.8 Å². The number of hydrogen-bond donors (Lipinski definition) is 1. The maximum Gasteiger partial charge on any atom is 0.244 e. The third-order valence-electron chi connectivity index (χ3n) is 4.75. The SMILES string of the molecule is CC(=O)N(CC(=O)Nc1ccc(N2CCCCC2)cc1)c1ccc(F)cc1F. The lowest BCUT2D eigenvalue weighted by atomic mass is 10.1. The largest absolute Gasteiger partial charge is 0.372 e. The lowest BCUT2D eigenvalue weighted by Crippen LogP contribution is -2.37. The highest BCUT2D eigenvalue weighted by Gasteiger charge is 2.20. The number of nitrogens with one attached hydrogen (secondary N) is 1. The molecule has 148 valence electrons. The van der Waals surface area contributed by atoms with Crippen LogP contribution in [0.15, 0.2) is 42.5 Å². The van der Waals surface area contributed by atoms with Crippen LogP contribution >= 0.6 is 0 Å². The summed E-state index contributed by atoms with van der Waals surface area (Å²) >= 11 is 0. The van der Waals surface area contributed by atoms with Gasteiger partial charge in [0, 0.05) is 37.5 Å². The summed E-state index contributed by atoms with van der Waals surface area (Å²) in [5.41, 5.74) is 1.56. The van der Waals surface area contributed by atoms with Gasteiger partial charge in [0.2, 0.25) is 11.8 Å². The molecule has 2 amide bonds. The van der Waals surface area contributed by atoms with Crippen molar-refractivity contribution in [1.82, 2.24) is 0 Å². The van der Waals surface area contributed by atoms with Gasteiger partial charge < -0.3 is 15.1 Å². The van der Waals surface area contributed by atoms with Crippen LogP contribution in [0.2, 0.25) is 0 Å². The molecule has 0 atom stereocenters. The van der Waals surface area contributed by atoms with Crippen molar-refractivity contribution >= 4 is 28.9 Å². The minimum absolute atomic E-state index is 0.135. The van der Waals surface area contributed by atoms with E-state index < -0.39 is 23.4 Å². The Labute approximate surface area is 162 Å². The van der Waals surface area contributed by atoms with E-state index in [4.69, 9.17) is 0 Å². The number of piperidine rings is 1. The molecule has 0 spiro atoms. The monoisotopic (exact) mass is 387 g/mol. The number of amides is 2. The molecule has 0 radical (unpaired) electrons. The molecule has 0 aromatic heterocycles. The molecule has 1 aliphatic heterocycles. The fourth-order valence-electron chi connectivity index (χ4n) is 3.32. The van der Waals surface area contributed by atoms with Crippen molar-refractivity contribution in [3.63, 3.8) is 0 Å². The summed E-state index contributed by atoms with van der Waals surface area (Å²) in [6, 6.07) is 10.4. The first-order valence-corrected chi connectivity index (χ1v) is 9.32. The van der Waals surface area contributed by atoms with Gasteiger partial charge in [-0.2, -0.15) is 0 Å². The zero-order valence-corrected chi connectivity index (χ0v) is 15.8. The number of hydrogen-bond acceptors (Lipinski definition) is 3. The topological polar surface area (TPSA) is 52.7 Å². The van der Waals surface area contributed by atoms with Crippen LogP contribution in [0.1, 0.15) is 26.2 Å². The van der Waals surface area contributed by atoms with E-state index in [2.05, 4.69) is 10.2 Å². The van der Waals surface area contributed by atoms with Gasteiger partial charge in [-0.1, -0.05) is 0 Å². The van der Waals surface area contributed by atoms with Crippen molar-refractivity contribution in [3.05, 3.63) is 54.1 Å². The van der Waals surface area contributed by atoms with Crippen molar-refractivity contribution in [1.29, 1.82) is 0 Å². The summed E-state index contributed by atoms with van der Waals surface area (Å²) in [5.74, 6) is -2.62. The summed E-state index contributed by atoms with van der Waals surface area (Å²) in [5, 5.41) is 2.71. The standard InChI is InChI=1S/C21H23F2N3O2/c1-15(27)26(20-10-5-16(22)13-19(20)23)14-21(28)24-17-6-8-18(9-7-17)25-11-3-2-4-12-25/h5-10,13H,2-4,11-12,14H2,1H3,(H,24,28). The summed E-state index contributed by atoms with van der Waals surface area (Å²) in [6.45, 7) is 2.92. The summed E-state index contributed by atoms with van der Waals surface area (Å²) in [7, 11) is 0. The van der Waals surface area contributed by atoms with Crippen LogP contribution in [0.25, 0.3) is 0 Å². The van der Waals surface area contributed by atoms with Crippen LogP contribution < -0.4 is 15.1 Å². The van der Waals surface area contributed by atoms with Crippen molar-refractivity contribution < 1.29 is 18.4 Å². The molecule has 1 saturated heterocycles. The predicted molar refractivity (Wildman–Crippen MR) is 106 cm³/mol. The van der Waals surface area contributed by atoms with Gasteiger partial charge in [0.15, 0.2) is 0 Å². The van der Waals surface area contributed by atoms with Crippen molar-refractivity contribution in [2.24, 2.45) is 0 Å². The molecule has 28 heavy (non-hydrogen) atoms. The molecule has 2 aromatic carbocycles. The summed E-state index contributed by atoms with van der Waals surface area (Å²) in [6.07, 6.45) is 3.62. The molecule has 0 bridgehead atoms. The first-order chi connectivity index (χ1) is 13.4. The molecule has 1 N–H and O–H groups in total. The maximum absolute atomic E-state index is 14.0. The number of carbonyl (C=O) groups is 2. The van der Waals surface area contributed by atoms with E-state index >= 15 is 0 Å². The van der Waals surface area contributed by atoms with E-state index in [1.807, 2.05) is 12.1 Å². The minimum atomic E-state index is -0.895. The third kappa shape index (κ3) is 4.85. The first kappa shape index (κ1) is 19.8. The van der Waals surface area contributed by atoms with E-state index in [1.54, 1.807) is 12.1 Å². The molecular formula is C21H23F2N3O2. The average Bonchev–Trinajstić information content (AvgIpc) is 2.68. The Morgan fingerprint density at radius 3 is 2.32 bits per heavy atom. The van der Waals surface area contributed by atoms with E-state index in [-0.39, 0.29) is 12.2 Å². The molecular weight excluding hydrogens is 364 g/mol. The van der Waals surface area contributed by atoms with Crippen molar-refractivity contribution in [3.8, 4) is 0 Å². The van der Waals surface area contributed by atoms with Crippen LogP contribution in [-0.2, 0) is 9.59 Å². The third-order valence-corrected chi connectivity index (χ3v) is 4.75. The lowest BCUT2D eigenvalue weighted by molar-refractivity contribution is -0.120. The molecule has 7 heteroatoms. The minimum Gasteiger partial charge on any atom is -0.372 e. The Morgan fingerprint density at radius 1 is 1.04 bits per heavy atom. The second-order valence-electron chi connectivity index (χ2n) is 6.84. The van der Waals surface area contributed by atoms with E-state index in [0.717, 1.165) is 35.8 Å². The average molecular weight is 387 g/mol. The number of rotatable bonds is 5. The van der Waals surface area contributed by atoms with Crippen LogP contribution in [0.5, 0.6) is 0 Å². The zero-order chi connectivity index (χ0) is 20.1. The highest BCUT2D eigenvalue weighted by Crippen LogP contribution is 2.23. The highest BCUT2D eigenvalue weighted by molar-refractivity contribution is 6.01. The fourth-order valence-corrected chi connectivity index (χ4v) is 3.32. The lowest BCUT2D eigenvalue weighted by Gasteiger charge is -2.28. The Morgan fingerprint density at radius 2 is 1.71 bits per heavy atom. The Hall–Kier alpha value is -2.96. The van der Waals surface area contributed by atoms with Gasteiger partial charge in [-0.25, -0.2) is 8.78 Å². The van der Waals surface area contributed by atoms with E-state index in [0.29, 0.717) is 11.8 Å². The zero-order valence-electron chi connectivity index (χ0n) is 15.8. The molecule has 2 aromatic rings. The van der Waals surface area contributed by atoms with Crippen LogP contribution in [0, 0.1) is 11.6 Å². The molecule has 1 heterocycles.